The molecule has 92 valence electrons. The van der Waals surface area contributed by atoms with E-state index < -0.39 is 0 Å². The number of carbonyl (C=O) groups excluding carboxylic acids is 2. The minimum absolute atomic E-state index is 0.0495. The lowest BCUT2D eigenvalue weighted by Gasteiger charge is -2.08. The summed E-state index contributed by atoms with van der Waals surface area (Å²) in [6.45, 7) is 0.528. The molecule has 2 aliphatic heterocycles. The van der Waals surface area contributed by atoms with Gasteiger partial charge in [-0.2, -0.15) is 0 Å². The van der Waals surface area contributed by atoms with E-state index in [0.29, 0.717) is 30.2 Å². The van der Waals surface area contributed by atoms with E-state index in [1.165, 1.54) is 0 Å². The van der Waals surface area contributed by atoms with Gasteiger partial charge in [-0.05, 0) is 36.2 Å². The van der Waals surface area contributed by atoms with Crippen LogP contribution >= 0.6 is 12.2 Å². The normalized spacial score (nSPS) is 26.8. The van der Waals surface area contributed by atoms with Crippen molar-refractivity contribution in [1.82, 2.24) is 16.0 Å². The van der Waals surface area contributed by atoms with E-state index in [2.05, 4.69) is 16.0 Å². The van der Waals surface area contributed by atoms with E-state index in [1.54, 1.807) is 0 Å². The minimum atomic E-state index is -0.225. The van der Waals surface area contributed by atoms with E-state index in [1.807, 2.05) is 12.2 Å². The number of amides is 2. The molecular weight excluding hydrogens is 250 g/mol. The van der Waals surface area contributed by atoms with Gasteiger partial charge in [0.25, 0.3) is 5.91 Å². The van der Waals surface area contributed by atoms with E-state index >= 15 is 0 Å². The molecule has 1 saturated heterocycles. The Hall–Kier alpha value is -1.95. The molecule has 0 aromatic rings. The molecule has 0 atom stereocenters. The third kappa shape index (κ3) is 1.65. The zero-order chi connectivity index (χ0) is 12.7. The molecule has 1 fully saturated rings. The van der Waals surface area contributed by atoms with Crippen molar-refractivity contribution in [3.05, 3.63) is 34.6 Å². The van der Waals surface area contributed by atoms with Gasteiger partial charge in [-0.25, -0.2) is 0 Å². The first-order chi connectivity index (χ1) is 8.66. The summed E-state index contributed by atoms with van der Waals surface area (Å²) < 4.78 is 0. The number of nitrogens with one attached hydrogen (secondary N) is 3. The van der Waals surface area contributed by atoms with Gasteiger partial charge in [-0.15, -0.1) is 0 Å². The predicted molar refractivity (Wildman–Crippen MR) is 69.3 cm³/mol. The second-order valence-electron chi connectivity index (χ2n) is 4.27. The van der Waals surface area contributed by atoms with Crippen molar-refractivity contribution in [2.24, 2.45) is 0 Å². The highest BCUT2D eigenvalue weighted by molar-refractivity contribution is 7.80. The summed E-state index contributed by atoms with van der Waals surface area (Å²) in [6, 6.07) is 0. The monoisotopic (exact) mass is 261 g/mol. The molecule has 2 heterocycles. The molecule has 3 N–H and O–H groups in total. The Morgan fingerprint density at radius 3 is 2.67 bits per heavy atom. The van der Waals surface area contributed by atoms with Gasteiger partial charge in [0.05, 0.1) is 0 Å². The lowest BCUT2D eigenvalue weighted by atomic mass is 9.98. The number of hydrogen-bond donors (Lipinski definition) is 3. The van der Waals surface area contributed by atoms with Crippen molar-refractivity contribution in [3.63, 3.8) is 0 Å². The standard InChI is InChI=1S/C12H11N3O2S/c16-10-8-3-1-2-6(8)7(4-5-13-10)9-11(17)15-12(18)14-9/h1-2H,3-5H2,(H,13,16)(H2,14,15,17,18). The fourth-order valence-corrected chi connectivity index (χ4v) is 2.58. The zero-order valence-corrected chi connectivity index (χ0v) is 10.3. The average molecular weight is 261 g/mol. The van der Waals surface area contributed by atoms with Crippen LogP contribution in [0.25, 0.3) is 0 Å². The maximum absolute atomic E-state index is 11.8. The largest absolute Gasteiger partial charge is 0.352 e. The summed E-state index contributed by atoms with van der Waals surface area (Å²) in [5, 5.41) is 8.57. The van der Waals surface area contributed by atoms with Crippen LogP contribution < -0.4 is 16.0 Å². The molecule has 5 nitrogen and oxygen atoms in total. The maximum atomic E-state index is 11.8. The highest BCUT2D eigenvalue weighted by atomic mass is 32.1. The molecule has 18 heavy (non-hydrogen) atoms. The molecule has 1 aliphatic carbocycles. The Morgan fingerprint density at radius 2 is 1.94 bits per heavy atom. The van der Waals surface area contributed by atoms with Gasteiger partial charge in [-0.3, -0.25) is 14.9 Å². The molecule has 3 rings (SSSR count). The fourth-order valence-electron chi connectivity index (χ4n) is 2.38. The third-order valence-electron chi connectivity index (χ3n) is 3.19. The minimum Gasteiger partial charge on any atom is -0.352 e. The summed E-state index contributed by atoms with van der Waals surface area (Å²) >= 11 is 4.93. The smallest absolute Gasteiger partial charge is 0.274 e. The number of carbonyl (C=O) groups is 2. The zero-order valence-electron chi connectivity index (χ0n) is 9.50. The topological polar surface area (TPSA) is 70.2 Å². The highest BCUT2D eigenvalue weighted by Gasteiger charge is 2.30. The maximum Gasteiger partial charge on any atom is 0.274 e. The van der Waals surface area contributed by atoms with Crippen LogP contribution in [0, 0.1) is 0 Å². The summed E-state index contributed by atoms with van der Waals surface area (Å²) in [6.07, 6.45) is 5.07. The van der Waals surface area contributed by atoms with Crippen molar-refractivity contribution in [1.29, 1.82) is 0 Å². The van der Waals surface area contributed by atoms with Gasteiger partial charge < -0.3 is 10.6 Å². The number of thiocarbonyl (C=S) groups is 1. The molecule has 0 aromatic carbocycles. The van der Waals surface area contributed by atoms with Crippen molar-refractivity contribution in [3.8, 4) is 0 Å². The van der Waals surface area contributed by atoms with Crippen LogP contribution in [-0.2, 0) is 9.59 Å². The van der Waals surface area contributed by atoms with E-state index in [4.69, 9.17) is 12.2 Å². The third-order valence-corrected chi connectivity index (χ3v) is 3.39. The molecule has 0 bridgehead atoms. The van der Waals surface area contributed by atoms with Crippen molar-refractivity contribution in [2.75, 3.05) is 6.54 Å². The Labute approximate surface area is 109 Å². The molecule has 0 saturated carbocycles. The number of allylic oxidation sites excluding steroid dienone is 3. The van der Waals surface area contributed by atoms with Gasteiger partial charge in [0.15, 0.2) is 5.11 Å². The van der Waals surface area contributed by atoms with Gasteiger partial charge in [0, 0.05) is 12.1 Å². The molecule has 2 amide bonds. The summed E-state index contributed by atoms with van der Waals surface area (Å²) in [7, 11) is 0. The number of rotatable bonds is 0. The van der Waals surface area contributed by atoms with Gasteiger partial charge in [0.2, 0.25) is 5.91 Å². The van der Waals surface area contributed by atoms with Crippen molar-refractivity contribution < 1.29 is 9.59 Å². The average Bonchev–Trinajstić information content (AvgIpc) is 2.88. The first-order valence-electron chi connectivity index (χ1n) is 5.70. The lowest BCUT2D eigenvalue weighted by molar-refractivity contribution is -0.117. The van der Waals surface area contributed by atoms with Crippen LogP contribution in [0.2, 0.25) is 0 Å². The molecule has 6 heteroatoms. The molecule has 0 aromatic heterocycles. The predicted octanol–water partition coefficient (Wildman–Crippen LogP) is 0.0212. The van der Waals surface area contributed by atoms with Crippen molar-refractivity contribution in [2.45, 2.75) is 12.8 Å². The Bertz CT molecular complexity index is 572. The molecule has 0 radical (unpaired) electrons. The van der Waals surface area contributed by atoms with Crippen LogP contribution in [0.3, 0.4) is 0 Å². The van der Waals surface area contributed by atoms with Gasteiger partial charge >= 0.3 is 0 Å². The van der Waals surface area contributed by atoms with Crippen LogP contribution in [0.4, 0.5) is 0 Å². The van der Waals surface area contributed by atoms with Crippen LogP contribution in [-0.4, -0.2) is 23.5 Å². The first-order valence-corrected chi connectivity index (χ1v) is 6.11. The lowest BCUT2D eigenvalue weighted by Crippen LogP contribution is -2.24. The summed E-state index contributed by atoms with van der Waals surface area (Å²) in [5.74, 6) is -0.275. The Balaban J connectivity index is 2.13. The van der Waals surface area contributed by atoms with E-state index in [9.17, 15) is 9.59 Å². The quantitative estimate of drug-likeness (QED) is 0.425. The molecular formula is C12H11N3O2S. The van der Waals surface area contributed by atoms with Gasteiger partial charge in [0.1, 0.15) is 5.70 Å². The Kier molecular flexibility index (Phi) is 2.52. The highest BCUT2D eigenvalue weighted by Crippen LogP contribution is 2.31. The summed E-state index contributed by atoms with van der Waals surface area (Å²) in [4.78, 5) is 23.6. The Morgan fingerprint density at radius 1 is 1.11 bits per heavy atom. The van der Waals surface area contributed by atoms with E-state index in [0.717, 1.165) is 16.7 Å². The number of hydrogen-bond acceptors (Lipinski definition) is 3. The van der Waals surface area contributed by atoms with Crippen LogP contribution in [0.15, 0.2) is 34.6 Å². The van der Waals surface area contributed by atoms with E-state index in [-0.39, 0.29) is 11.8 Å². The van der Waals surface area contributed by atoms with Crippen molar-refractivity contribution >= 4 is 29.1 Å². The van der Waals surface area contributed by atoms with Crippen LogP contribution in [0.5, 0.6) is 0 Å². The van der Waals surface area contributed by atoms with Crippen LogP contribution in [0.1, 0.15) is 12.8 Å². The second-order valence-corrected chi connectivity index (χ2v) is 4.67. The second kappa shape index (κ2) is 4.06. The molecule has 0 unspecified atom stereocenters. The summed E-state index contributed by atoms with van der Waals surface area (Å²) in [5.41, 5.74) is 2.90. The molecule has 0 spiro atoms. The first kappa shape index (κ1) is 11.2. The fraction of sp³-hybridized carbons (Fsp3) is 0.250. The SMILES string of the molecule is O=C1NCCC(=C2NC(=S)NC2=O)C2=C1CC=C2. The molecule has 3 aliphatic rings. The van der Waals surface area contributed by atoms with Gasteiger partial charge in [-0.1, -0.05) is 12.2 Å².